The zero-order chi connectivity index (χ0) is 10.6. The van der Waals surface area contributed by atoms with Crippen LogP contribution in [0.15, 0.2) is 0 Å². The second kappa shape index (κ2) is 4.95. The predicted molar refractivity (Wildman–Crippen MR) is 50.6 cm³/mol. The fourth-order valence-electron chi connectivity index (χ4n) is 1.25. The summed E-state index contributed by atoms with van der Waals surface area (Å²) in [6.45, 7) is 2.70. The normalized spacial score (nSPS) is 22.0. The number of hydrogen-bond acceptors (Lipinski definition) is 4. The maximum atomic E-state index is 11.4. The molecule has 0 radical (unpaired) electrons. The number of esters is 1. The first-order valence-electron chi connectivity index (χ1n) is 4.80. The lowest BCUT2D eigenvalue weighted by Gasteiger charge is -2.27. The Labute approximate surface area is 83.2 Å². The van der Waals surface area contributed by atoms with Crippen molar-refractivity contribution in [2.24, 2.45) is 0 Å². The summed E-state index contributed by atoms with van der Waals surface area (Å²) >= 11 is 0. The van der Waals surface area contributed by atoms with Gasteiger partial charge in [-0.3, -0.25) is 4.79 Å². The van der Waals surface area contributed by atoms with E-state index >= 15 is 0 Å². The smallest absolute Gasteiger partial charge is 0.328 e. The molecule has 1 aliphatic heterocycles. The molecule has 1 saturated heterocycles. The van der Waals surface area contributed by atoms with E-state index in [-0.39, 0.29) is 17.9 Å². The zero-order valence-electron chi connectivity index (χ0n) is 8.50. The summed E-state index contributed by atoms with van der Waals surface area (Å²) < 4.78 is 4.56. The van der Waals surface area contributed by atoms with Crippen LogP contribution in [-0.2, 0) is 14.3 Å². The zero-order valence-corrected chi connectivity index (χ0v) is 8.50. The van der Waals surface area contributed by atoms with E-state index in [0.29, 0.717) is 6.42 Å². The average molecular weight is 200 g/mol. The van der Waals surface area contributed by atoms with Crippen molar-refractivity contribution >= 4 is 11.9 Å². The van der Waals surface area contributed by atoms with Gasteiger partial charge in [0.25, 0.3) is 0 Å². The van der Waals surface area contributed by atoms with E-state index in [1.807, 2.05) is 6.92 Å². The topological polar surface area (TPSA) is 67.4 Å². The van der Waals surface area contributed by atoms with Crippen molar-refractivity contribution in [2.75, 3.05) is 13.7 Å². The number of rotatable bonds is 4. The summed E-state index contributed by atoms with van der Waals surface area (Å²) in [5, 5.41) is 5.61. The first-order chi connectivity index (χ1) is 6.69. The van der Waals surface area contributed by atoms with Gasteiger partial charge in [0.1, 0.15) is 6.04 Å². The number of methoxy groups -OCH3 is 1. The molecule has 0 bridgehead atoms. The Hall–Kier alpha value is -1.10. The van der Waals surface area contributed by atoms with E-state index in [1.165, 1.54) is 7.11 Å². The van der Waals surface area contributed by atoms with Crippen LogP contribution in [0, 0.1) is 0 Å². The molecular formula is C9H16N2O3. The Morgan fingerprint density at radius 2 is 2.29 bits per heavy atom. The Morgan fingerprint density at radius 1 is 1.64 bits per heavy atom. The maximum absolute atomic E-state index is 11.4. The Balaban J connectivity index is 2.38. The van der Waals surface area contributed by atoms with Crippen LogP contribution in [0.5, 0.6) is 0 Å². The molecule has 0 spiro atoms. The minimum Gasteiger partial charge on any atom is -0.467 e. The van der Waals surface area contributed by atoms with Gasteiger partial charge in [0.15, 0.2) is 0 Å². The first-order valence-corrected chi connectivity index (χ1v) is 4.80. The number of carbonyl (C=O) groups is 2. The van der Waals surface area contributed by atoms with Gasteiger partial charge in [0.2, 0.25) is 5.91 Å². The fraction of sp³-hybridized carbons (Fsp3) is 0.778. The fourth-order valence-corrected chi connectivity index (χ4v) is 1.25. The summed E-state index contributed by atoms with van der Waals surface area (Å²) in [7, 11) is 1.32. The van der Waals surface area contributed by atoms with Crippen LogP contribution in [0.4, 0.5) is 0 Å². The van der Waals surface area contributed by atoms with Gasteiger partial charge >= 0.3 is 5.97 Å². The molecule has 5 nitrogen and oxygen atoms in total. The SMILES string of the molecule is CCC(NC(=O)[C@H]1CCN1)C(=O)OC. The maximum Gasteiger partial charge on any atom is 0.328 e. The van der Waals surface area contributed by atoms with E-state index in [4.69, 9.17) is 0 Å². The van der Waals surface area contributed by atoms with Crippen molar-refractivity contribution in [2.45, 2.75) is 31.8 Å². The molecule has 2 atom stereocenters. The Morgan fingerprint density at radius 3 is 2.64 bits per heavy atom. The third-order valence-electron chi connectivity index (χ3n) is 2.35. The van der Waals surface area contributed by atoms with E-state index in [9.17, 15) is 9.59 Å². The standard InChI is InChI=1S/C9H16N2O3/c1-3-6(9(13)14-2)11-8(12)7-4-5-10-7/h6-7,10H,3-5H2,1-2H3,(H,11,12)/t6?,7-/m1/s1. The molecular weight excluding hydrogens is 184 g/mol. The summed E-state index contributed by atoms with van der Waals surface area (Å²) in [5.74, 6) is -0.506. The van der Waals surface area contributed by atoms with Crippen LogP contribution in [0.3, 0.4) is 0 Å². The highest BCUT2D eigenvalue weighted by molar-refractivity contribution is 5.87. The lowest BCUT2D eigenvalue weighted by Crippen LogP contribution is -2.56. The second-order valence-corrected chi connectivity index (χ2v) is 3.29. The molecule has 14 heavy (non-hydrogen) atoms. The van der Waals surface area contributed by atoms with E-state index in [1.54, 1.807) is 0 Å². The molecule has 1 amide bonds. The Kier molecular flexibility index (Phi) is 3.88. The molecule has 5 heteroatoms. The lowest BCUT2D eigenvalue weighted by molar-refractivity contribution is -0.145. The minimum atomic E-state index is -0.519. The summed E-state index contributed by atoms with van der Waals surface area (Å²) in [4.78, 5) is 22.6. The van der Waals surface area contributed by atoms with Crippen molar-refractivity contribution in [3.05, 3.63) is 0 Å². The van der Waals surface area contributed by atoms with Gasteiger partial charge in [0, 0.05) is 0 Å². The second-order valence-electron chi connectivity index (χ2n) is 3.29. The molecule has 0 aromatic carbocycles. The number of nitrogens with one attached hydrogen (secondary N) is 2. The van der Waals surface area contributed by atoms with E-state index in [2.05, 4.69) is 15.4 Å². The van der Waals surface area contributed by atoms with Gasteiger partial charge in [-0.25, -0.2) is 4.79 Å². The molecule has 1 rings (SSSR count). The third kappa shape index (κ3) is 2.45. The quantitative estimate of drug-likeness (QED) is 0.596. The predicted octanol–water partition coefficient (Wildman–Crippen LogP) is -0.584. The van der Waals surface area contributed by atoms with Crippen LogP contribution in [-0.4, -0.2) is 37.6 Å². The van der Waals surface area contributed by atoms with Crippen molar-refractivity contribution < 1.29 is 14.3 Å². The number of carbonyl (C=O) groups excluding carboxylic acids is 2. The molecule has 2 N–H and O–H groups in total. The summed E-state index contributed by atoms with van der Waals surface area (Å²) in [6.07, 6.45) is 1.38. The number of hydrogen-bond donors (Lipinski definition) is 2. The van der Waals surface area contributed by atoms with Gasteiger partial charge in [-0.2, -0.15) is 0 Å². The average Bonchev–Trinajstić information content (AvgIpc) is 2.10. The van der Waals surface area contributed by atoms with Crippen LogP contribution in [0.2, 0.25) is 0 Å². The minimum absolute atomic E-state index is 0.117. The van der Waals surface area contributed by atoms with E-state index in [0.717, 1.165) is 13.0 Å². The third-order valence-corrected chi connectivity index (χ3v) is 2.35. The van der Waals surface area contributed by atoms with Crippen molar-refractivity contribution in [1.82, 2.24) is 10.6 Å². The molecule has 1 unspecified atom stereocenters. The van der Waals surface area contributed by atoms with Crippen LogP contribution >= 0.6 is 0 Å². The van der Waals surface area contributed by atoms with Gasteiger partial charge in [-0.15, -0.1) is 0 Å². The van der Waals surface area contributed by atoms with Crippen LogP contribution < -0.4 is 10.6 Å². The summed E-state index contributed by atoms with van der Waals surface area (Å²) in [6, 6.07) is -0.649. The first kappa shape index (κ1) is 11.0. The molecule has 1 aliphatic rings. The highest BCUT2D eigenvalue weighted by Gasteiger charge is 2.28. The van der Waals surface area contributed by atoms with Crippen molar-refractivity contribution in [3.8, 4) is 0 Å². The number of amides is 1. The lowest BCUT2D eigenvalue weighted by atomic mass is 10.1. The van der Waals surface area contributed by atoms with E-state index < -0.39 is 6.04 Å². The monoisotopic (exact) mass is 200 g/mol. The number of ether oxygens (including phenoxy) is 1. The molecule has 0 saturated carbocycles. The highest BCUT2D eigenvalue weighted by atomic mass is 16.5. The van der Waals surface area contributed by atoms with Crippen molar-refractivity contribution in [1.29, 1.82) is 0 Å². The molecule has 0 aromatic heterocycles. The van der Waals surface area contributed by atoms with Gasteiger partial charge in [-0.05, 0) is 19.4 Å². The largest absolute Gasteiger partial charge is 0.467 e. The van der Waals surface area contributed by atoms with Gasteiger partial charge in [0.05, 0.1) is 13.2 Å². The molecule has 0 aliphatic carbocycles. The van der Waals surface area contributed by atoms with Crippen LogP contribution in [0.25, 0.3) is 0 Å². The molecule has 80 valence electrons. The Bertz CT molecular complexity index is 226. The summed E-state index contributed by atoms with van der Waals surface area (Å²) in [5.41, 5.74) is 0. The molecule has 1 heterocycles. The van der Waals surface area contributed by atoms with Gasteiger partial charge < -0.3 is 15.4 Å². The highest BCUT2D eigenvalue weighted by Crippen LogP contribution is 2.03. The molecule has 0 aromatic rings. The van der Waals surface area contributed by atoms with Gasteiger partial charge in [-0.1, -0.05) is 6.92 Å². The van der Waals surface area contributed by atoms with Crippen molar-refractivity contribution in [3.63, 3.8) is 0 Å². The molecule has 1 fully saturated rings. The van der Waals surface area contributed by atoms with Crippen LogP contribution in [0.1, 0.15) is 19.8 Å².